The highest BCUT2D eigenvalue weighted by Gasteiger charge is 2.34. The molecule has 2 rings (SSSR count). The predicted molar refractivity (Wildman–Crippen MR) is 61.1 cm³/mol. The number of hydrogen-bond acceptors (Lipinski definition) is 5. The Hall–Kier alpha value is 0.0300. The summed E-state index contributed by atoms with van der Waals surface area (Å²) in [6, 6.07) is 0. The lowest BCUT2D eigenvalue weighted by Crippen LogP contribution is -2.26. The summed E-state index contributed by atoms with van der Waals surface area (Å²) in [6.07, 6.45) is 2.79. The first-order valence-corrected chi connectivity index (χ1v) is 7.52. The van der Waals surface area contributed by atoms with Crippen molar-refractivity contribution in [1.82, 2.24) is 0 Å². The quantitative estimate of drug-likeness (QED) is 0.730. The molecule has 1 saturated heterocycles. The van der Waals surface area contributed by atoms with E-state index >= 15 is 0 Å². The summed E-state index contributed by atoms with van der Waals surface area (Å²) in [5.41, 5.74) is 5.68. The Bertz CT molecular complexity index is 299. The van der Waals surface area contributed by atoms with Crippen LogP contribution in [0.5, 0.6) is 0 Å². The Morgan fingerprint density at radius 2 is 2.24 bits per heavy atom. The number of nitrogens with two attached hydrogens (primary N) is 1. The van der Waals surface area contributed by atoms with Crippen molar-refractivity contribution in [3.63, 3.8) is 0 Å². The SMILES string of the molecule is CC1CC(COP(=O)(O)OC2CCC2)OC1N. The lowest BCUT2D eigenvalue weighted by molar-refractivity contribution is -0.00284. The first kappa shape index (κ1) is 13.5. The minimum Gasteiger partial charge on any atom is -0.358 e. The summed E-state index contributed by atoms with van der Waals surface area (Å²) in [5, 5.41) is 0. The van der Waals surface area contributed by atoms with Crippen LogP contribution in [0.25, 0.3) is 0 Å². The summed E-state index contributed by atoms with van der Waals surface area (Å²) >= 11 is 0. The lowest BCUT2D eigenvalue weighted by atomic mass is 9.97. The summed E-state index contributed by atoms with van der Waals surface area (Å²) < 4.78 is 26.9. The smallest absolute Gasteiger partial charge is 0.358 e. The van der Waals surface area contributed by atoms with Gasteiger partial charge in [-0.1, -0.05) is 6.92 Å². The highest BCUT2D eigenvalue weighted by molar-refractivity contribution is 7.47. The van der Waals surface area contributed by atoms with Gasteiger partial charge < -0.3 is 15.4 Å². The van der Waals surface area contributed by atoms with Gasteiger partial charge in [0.1, 0.15) is 6.23 Å². The second-order valence-electron chi connectivity index (χ2n) is 4.86. The average molecular weight is 265 g/mol. The van der Waals surface area contributed by atoms with Gasteiger partial charge >= 0.3 is 7.82 Å². The van der Waals surface area contributed by atoms with Gasteiger partial charge in [0.25, 0.3) is 0 Å². The number of rotatable bonds is 5. The second-order valence-corrected chi connectivity index (χ2v) is 6.26. The molecule has 2 fully saturated rings. The van der Waals surface area contributed by atoms with E-state index in [0.29, 0.717) is 0 Å². The van der Waals surface area contributed by atoms with Crippen LogP contribution in [0.15, 0.2) is 0 Å². The topological polar surface area (TPSA) is 91.0 Å². The molecule has 4 unspecified atom stereocenters. The summed E-state index contributed by atoms with van der Waals surface area (Å²) in [5.74, 6) is 0.245. The van der Waals surface area contributed by atoms with Crippen LogP contribution >= 0.6 is 7.82 Å². The van der Waals surface area contributed by atoms with E-state index in [0.717, 1.165) is 25.7 Å². The molecular formula is C10H20NO5P. The van der Waals surface area contributed by atoms with Crippen molar-refractivity contribution in [2.24, 2.45) is 11.7 Å². The third-order valence-corrected chi connectivity index (χ3v) is 4.34. The van der Waals surface area contributed by atoms with Gasteiger partial charge in [-0.05, 0) is 31.6 Å². The highest BCUT2D eigenvalue weighted by Crippen LogP contribution is 2.48. The van der Waals surface area contributed by atoms with Crippen LogP contribution in [0.1, 0.15) is 32.6 Å². The molecule has 0 bridgehead atoms. The molecule has 0 radical (unpaired) electrons. The second kappa shape index (κ2) is 5.34. The van der Waals surface area contributed by atoms with Gasteiger partial charge in [-0.25, -0.2) is 4.57 Å². The van der Waals surface area contributed by atoms with Crippen LogP contribution in [-0.4, -0.2) is 29.9 Å². The zero-order valence-corrected chi connectivity index (χ0v) is 10.8. The molecule has 4 atom stereocenters. The molecule has 1 aliphatic carbocycles. The van der Waals surface area contributed by atoms with Crippen molar-refractivity contribution < 1.29 is 23.2 Å². The molecule has 0 spiro atoms. The van der Waals surface area contributed by atoms with Gasteiger partial charge in [0.2, 0.25) is 0 Å². The van der Waals surface area contributed by atoms with E-state index in [4.69, 9.17) is 19.5 Å². The van der Waals surface area contributed by atoms with Crippen molar-refractivity contribution >= 4 is 7.82 Å². The fourth-order valence-electron chi connectivity index (χ4n) is 1.94. The van der Waals surface area contributed by atoms with Crippen molar-refractivity contribution in [2.45, 2.75) is 51.0 Å². The van der Waals surface area contributed by atoms with Crippen molar-refractivity contribution in [3.8, 4) is 0 Å². The van der Waals surface area contributed by atoms with Crippen LogP contribution in [0.4, 0.5) is 0 Å². The molecule has 0 aromatic heterocycles. The summed E-state index contributed by atoms with van der Waals surface area (Å²) in [6.45, 7) is 2.03. The molecule has 3 N–H and O–H groups in total. The minimum atomic E-state index is -3.93. The van der Waals surface area contributed by atoms with Crippen molar-refractivity contribution in [2.75, 3.05) is 6.61 Å². The van der Waals surface area contributed by atoms with E-state index < -0.39 is 7.82 Å². The zero-order valence-electron chi connectivity index (χ0n) is 9.95. The van der Waals surface area contributed by atoms with Crippen LogP contribution in [0, 0.1) is 5.92 Å². The molecule has 0 aromatic rings. The third kappa shape index (κ3) is 3.74. The normalized spacial score (nSPS) is 37.7. The van der Waals surface area contributed by atoms with Gasteiger partial charge in [0.15, 0.2) is 0 Å². The Morgan fingerprint density at radius 1 is 1.53 bits per heavy atom. The molecule has 100 valence electrons. The van der Waals surface area contributed by atoms with Crippen molar-refractivity contribution in [3.05, 3.63) is 0 Å². The van der Waals surface area contributed by atoms with Gasteiger partial charge in [0, 0.05) is 0 Å². The average Bonchev–Trinajstić information content (AvgIpc) is 2.51. The van der Waals surface area contributed by atoms with Gasteiger partial charge in [0.05, 0.1) is 18.8 Å². The van der Waals surface area contributed by atoms with Crippen molar-refractivity contribution in [1.29, 1.82) is 0 Å². The maximum Gasteiger partial charge on any atom is 0.472 e. The molecular weight excluding hydrogens is 245 g/mol. The third-order valence-electron chi connectivity index (χ3n) is 3.30. The first-order chi connectivity index (χ1) is 7.96. The molecule has 1 aliphatic heterocycles. The van der Waals surface area contributed by atoms with E-state index in [2.05, 4.69) is 0 Å². The molecule has 0 amide bonds. The van der Waals surface area contributed by atoms with E-state index in [-0.39, 0.29) is 31.0 Å². The zero-order chi connectivity index (χ0) is 12.5. The summed E-state index contributed by atoms with van der Waals surface area (Å²) in [4.78, 5) is 9.47. The Balaban J connectivity index is 1.71. The standard InChI is InChI=1S/C10H20NO5P/c1-7-5-9(15-10(7)11)6-14-17(12,13)16-8-3-2-4-8/h7-10H,2-6,11H2,1H3,(H,12,13). The minimum absolute atomic E-state index is 0.0541. The van der Waals surface area contributed by atoms with Crippen LogP contribution in [-0.2, 0) is 18.3 Å². The predicted octanol–water partition coefficient (Wildman–Crippen LogP) is 1.38. The molecule has 1 saturated carbocycles. The monoisotopic (exact) mass is 265 g/mol. The van der Waals surface area contributed by atoms with E-state index in [1.807, 2.05) is 6.92 Å². The number of phosphoric ester groups is 1. The molecule has 2 aliphatic rings. The van der Waals surface area contributed by atoms with Gasteiger partial charge in [-0.3, -0.25) is 9.05 Å². The molecule has 17 heavy (non-hydrogen) atoms. The van der Waals surface area contributed by atoms with Crippen LogP contribution < -0.4 is 5.73 Å². The number of ether oxygens (including phenoxy) is 1. The van der Waals surface area contributed by atoms with E-state index in [1.165, 1.54) is 0 Å². The molecule has 1 heterocycles. The summed E-state index contributed by atoms with van der Waals surface area (Å²) in [7, 11) is -3.93. The molecule has 7 heteroatoms. The fourth-order valence-corrected chi connectivity index (χ4v) is 2.94. The van der Waals surface area contributed by atoms with E-state index in [1.54, 1.807) is 0 Å². The van der Waals surface area contributed by atoms with E-state index in [9.17, 15) is 9.46 Å². The largest absolute Gasteiger partial charge is 0.472 e. The lowest BCUT2D eigenvalue weighted by Gasteiger charge is -2.27. The maximum absolute atomic E-state index is 11.6. The molecule has 6 nitrogen and oxygen atoms in total. The van der Waals surface area contributed by atoms with Crippen LogP contribution in [0.2, 0.25) is 0 Å². The first-order valence-electron chi connectivity index (χ1n) is 6.03. The Morgan fingerprint density at radius 3 is 2.71 bits per heavy atom. The van der Waals surface area contributed by atoms with Crippen LogP contribution in [0.3, 0.4) is 0 Å². The maximum atomic E-state index is 11.6. The highest BCUT2D eigenvalue weighted by atomic mass is 31.2. The van der Waals surface area contributed by atoms with Gasteiger partial charge in [-0.2, -0.15) is 0 Å². The molecule has 0 aromatic carbocycles. The number of hydrogen-bond donors (Lipinski definition) is 2. The number of phosphoric acid groups is 1. The fraction of sp³-hybridized carbons (Fsp3) is 1.00. The Kier molecular flexibility index (Phi) is 4.23. The Labute approximate surface area is 101 Å². The van der Waals surface area contributed by atoms with Gasteiger partial charge in [-0.15, -0.1) is 0 Å².